The molecule has 0 bridgehead atoms. The van der Waals surface area contributed by atoms with Crippen molar-refractivity contribution >= 4 is 22.3 Å². The molecule has 1 aliphatic heterocycles. The van der Waals surface area contributed by atoms with E-state index in [-0.39, 0.29) is 5.63 Å². The van der Waals surface area contributed by atoms with E-state index in [1.54, 1.807) is 6.20 Å². The molecular weight excluding hydrogens is 354 g/mol. The van der Waals surface area contributed by atoms with Crippen LogP contribution in [0.2, 0.25) is 0 Å². The van der Waals surface area contributed by atoms with E-state index in [0.29, 0.717) is 16.8 Å². The summed E-state index contributed by atoms with van der Waals surface area (Å²) in [6.07, 6.45) is 6.48. The number of nitrogens with zero attached hydrogens (tertiary/aromatic N) is 4. The third kappa shape index (κ3) is 2.93. The predicted octanol–water partition coefficient (Wildman–Crippen LogP) is 2.61. The number of aromatic nitrogens is 3. The number of hydrogen-bond donors (Lipinski definition) is 1. The van der Waals surface area contributed by atoms with Crippen LogP contribution in [0.4, 0.5) is 5.69 Å². The number of benzene rings is 1. The van der Waals surface area contributed by atoms with Crippen LogP contribution in [0.15, 0.2) is 52.1 Å². The summed E-state index contributed by atoms with van der Waals surface area (Å²) in [5.41, 5.74) is 3.91. The molecule has 4 heterocycles. The molecule has 1 saturated heterocycles. The molecule has 0 unspecified atom stereocenters. The second-order valence-corrected chi connectivity index (χ2v) is 7.13. The molecule has 1 aliphatic rings. The van der Waals surface area contributed by atoms with Gasteiger partial charge in [0.25, 0.3) is 0 Å². The van der Waals surface area contributed by atoms with Crippen LogP contribution in [-0.2, 0) is 0 Å². The van der Waals surface area contributed by atoms with Gasteiger partial charge in [-0.25, -0.2) is 9.78 Å². The molecule has 0 spiro atoms. The maximum absolute atomic E-state index is 12.7. The standard InChI is InChI=1S/C21H21N5O2/c1-14-20-24-18(13-26(20)10-7-23-14)17-11-15-3-4-16(12-19(15)28-21(17)27)25-8-2-5-22-6-9-25/h3-4,7,10-13,22H,2,5-6,8-9H2,1H3. The van der Waals surface area contributed by atoms with E-state index >= 15 is 0 Å². The minimum atomic E-state index is -0.379. The fourth-order valence-corrected chi connectivity index (χ4v) is 3.76. The van der Waals surface area contributed by atoms with Gasteiger partial charge in [0.1, 0.15) is 5.58 Å². The molecule has 1 fully saturated rings. The largest absolute Gasteiger partial charge is 0.422 e. The van der Waals surface area contributed by atoms with Crippen molar-refractivity contribution in [3.05, 3.63) is 59.0 Å². The first-order valence-electron chi connectivity index (χ1n) is 9.53. The van der Waals surface area contributed by atoms with Crippen LogP contribution in [0.1, 0.15) is 12.1 Å². The molecule has 4 aromatic rings. The Morgan fingerprint density at radius 3 is 3.00 bits per heavy atom. The van der Waals surface area contributed by atoms with Crippen LogP contribution in [0.5, 0.6) is 0 Å². The Hall–Kier alpha value is -3.19. The average molecular weight is 375 g/mol. The molecule has 0 amide bonds. The number of fused-ring (bicyclic) bond motifs is 2. The van der Waals surface area contributed by atoms with Crippen LogP contribution < -0.4 is 15.8 Å². The van der Waals surface area contributed by atoms with Gasteiger partial charge in [0.2, 0.25) is 0 Å². The van der Waals surface area contributed by atoms with Crippen molar-refractivity contribution < 1.29 is 4.42 Å². The normalized spacial score (nSPS) is 15.2. The fourth-order valence-electron chi connectivity index (χ4n) is 3.76. The van der Waals surface area contributed by atoms with Crippen LogP contribution >= 0.6 is 0 Å². The molecule has 0 aliphatic carbocycles. The first-order chi connectivity index (χ1) is 13.7. The van der Waals surface area contributed by atoms with E-state index in [0.717, 1.165) is 55.0 Å². The third-order valence-corrected chi connectivity index (χ3v) is 5.25. The van der Waals surface area contributed by atoms with Crippen molar-refractivity contribution in [2.24, 2.45) is 0 Å². The van der Waals surface area contributed by atoms with Crippen molar-refractivity contribution in [2.45, 2.75) is 13.3 Å². The Labute approximate surface area is 161 Å². The first-order valence-corrected chi connectivity index (χ1v) is 9.53. The lowest BCUT2D eigenvalue weighted by Gasteiger charge is -2.22. The van der Waals surface area contributed by atoms with E-state index < -0.39 is 0 Å². The minimum absolute atomic E-state index is 0.379. The zero-order valence-corrected chi connectivity index (χ0v) is 15.7. The second-order valence-electron chi connectivity index (χ2n) is 7.13. The maximum atomic E-state index is 12.7. The smallest absolute Gasteiger partial charge is 0.345 e. The summed E-state index contributed by atoms with van der Waals surface area (Å²) in [6, 6.07) is 7.93. The Balaban J connectivity index is 1.57. The fraction of sp³-hybridized carbons (Fsp3) is 0.286. The SMILES string of the molecule is Cc1nccn2cc(-c3cc4ccc(N5CCCNCC5)cc4oc3=O)nc12. The van der Waals surface area contributed by atoms with Gasteiger partial charge in [-0.05, 0) is 38.1 Å². The summed E-state index contributed by atoms with van der Waals surface area (Å²) in [5.74, 6) is 0. The monoisotopic (exact) mass is 375 g/mol. The summed E-state index contributed by atoms with van der Waals surface area (Å²) >= 11 is 0. The van der Waals surface area contributed by atoms with Crippen molar-refractivity contribution in [1.29, 1.82) is 0 Å². The average Bonchev–Trinajstić information content (AvgIpc) is 2.95. The topological polar surface area (TPSA) is 75.7 Å². The summed E-state index contributed by atoms with van der Waals surface area (Å²) < 4.78 is 7.55. The summed E-state index contributed by atoms with van der Waals surface area (Å²) in [6.45, 7) is 5.84. The molecule has 28 heavy (non-hydrogen) atoms. The summed E-state index contributed by atoms with van der Waals surface area (Å²) in [5, 5.41) is 4.29. The van der Waals surface area contributed by atoms with Crippen LogP contribution in [0.3, 0.4) is 0 Å². The van der Waals surface area contributed by atoms with E-state index in [4.69, 9.17) is 4.42 Å². The van der Waals surface area contributed by atoms with E-state index in [9.17, 15) is 4.79 Å². The second kappa shape index (κ2) is 6.76. The van der Waals surface area contributed by atoms with Gasteiger partial charge < -0.3 is 19.0 Å². The van der Waals surface area contributed by atoms with Crippen molar-refractivity contribution in [3.63, 3.8) is 0 Å². The van der Waals surface area contributed by atoms with Gasteiger partial charge in [-0.15, -0.1) is 0 Å². The number of anilines is 1. The molecule has 3 aromatic heterocycles. The third-order valence-electron chi connectivity index (χ3n) is 5.25. The van der Waals surface area contributed by atoms with E-state index in [1.807, 2.05) is 41.9 Å². The molecule has 1 aromatic carbocycles. The number of nitrogens with one attached hydrogen (secondary N) is 1. The quantitative estimate of drug-likeness (QED) is 0.543. The molecule has 0 atom stereocenters. The van der Waals surface area contributed by atoms with Crippen molar-refractivity contribution in [1.82, 2.24) is 19.7 Å². The lowest BCUT2D eigenvalue weighted by atomic mass is 10.1. The molecule has 142 valence electrons. The van der Waals surface area contributed by atoms with E-state index in [1.165, 1.54) is 0 Å². The Kier molecular flexibility index (Phi) is 4.09. The summed E-state index contributed by atoms with van der Waals surface area (Å²) in [7, 11) is 0. The van der Waals surface area contributed by atoms with Crippen molar-refractivity contribution in [3.8, 4) is 11.3 Å². The molecule has 1 N–H and O–H groups in total. The zero-order valence-electron chi connectivity index (χ0n) is 15.7. The number of hydrogen-bond acceptors (Lipinski definition) is 6. The molecular formula is C21H21N5O2. The number of rotatable bonds is 2. The van der Waals surface area contributed by atoms with Gasteiger partial charge in [0.05, 0.1) is 17.0 Å². The Morgan fingerprint density at radius 1 is 1.18 bits per heavy atom. The van der Waals surface area contributed by atoms with Crippen LogP contribution in [0, 0.1) is 6.92 Å². The van der Waals surface area contributed by atoms with Crippen LogP contribution in [-0.4, -0.2) is 40.5 Å². The highest BCUT2D eigenvalue weighted by Crippen LogP contribution is 2.25. The maximum Gasteiger partial charge on any atom is 0.345 e. The number of imidazole rings is 1. The van der Waals surface area contributed by atoms with Gasteiger partial charge in [0, 0.05) is 55.4 Å². The first kappa shape index (κ1) is 16.9. The van der Waals surface area contributed by atoms with Gasteiger partial charge in [-0.2, -0.15) is 0 Å². The van der Waals surface area contributed by atoms with Gasteiger partial charge in [0.15, 0.2) is 5.65 Å². The Bertz CT molecular complexity index is 1220. The minimum Gasteiger partial charge on any atom is -0.422 e. The summed E-state index contributed by atoms with van der Waals surface area (Å²) in [4.78, 5) is 23.8. The number of aryl methyl sites for hydroxylation is 1. The molecule has 7 heteroatoms. The highest BCUT2D eigenvalue weighted by atomic mass is 16.4. The van der Waals surface area contributed by atoms with Crippen molar-refractivity contribution in [2.75, 3.05) is 31.1 Å². The van der Waals surface area contributed by atoms with Gasteiger partial charge in [-0.1, -0.05) is 0 Å². The highest BCUT2D eigenvalue weighted by Gasteiger charge is 2.15. The van der Waals surface area contributed by atoms with Gasteiger partial charge >= 0.3 is 5.63 Å². The zero-order chi connectivity index (χ0) is 19.1. The molecule has 5 rings (SSSR count). The lowest BCUT2D eigenvalue weighted by molar-refractivity contribution is 0.563. The molecule has 7 nitrogen and oxygen atoms in total. The predicted molar refractivity (Wildman–Crippen MR) is 109 cm³/mol. The van der Waals surface area contributed by atoms with Crippen LogP contribution in [0.25, 0.3) is 27.9 Å². The molecule has 0 radical (unpaired) electrons. The molecule has 0 saturated carbocycles. The Morgan fingerprint density at radius 2 is 2.11 bits per heavy atom. The highest BCUT2D eigenvalue weighted by molar-refractivity contribution is 5.84. The lowest BCUT2D eigenvalue weighted by Crippen LogP contribution is -2.27. The van der Waals surface area contributed by atoms with Gasteiger partial charge in [-0.3, -0.25) is 4.98 Å². The van der Waals surface area contributed by atoms with E-state index in [2.05, 4.69) is 26.3 Å².